The van der Waals surface area contributed by atoms with Crippen molar-refractivity contribution < 1.29 is 17.9 Å². The third-order valence-electron chi connectivity index (χ3n) is 4.84. The number of amides is 1. The molecule has 2 aromatic rings. The van der Waals surface area contributed by atoms with Gasteiger partial charge in [0.1, 0.15) is 0 Å². The zero-order valence-electron chi connectivity index (χ0n) is 16.9. The molecule has 1 N–H and O–H groups in total. The van der Waals surface area contributed by atoms with Gasteiger partial charge in [-0.05, 0) is 50.2 Å². The number of carbonyl (C=O) groups is 1. The quantitative estimate of drug-likeness (QED) is 0.782. The molecule has 2 aromatic carbocycles. The topological polar surface area (TPSA) is 79.0 Å². The fraction of sp³-hybridized carbons (Fsp3) is 0.381. The number of sulfonamides is 1. The number of nitrogens with zero attached hydrogens (tertiary/aromatic N) is 2. The average Bonchev–Trinajstić information content (AvgIpc) is 2.71. The smallest absolute Gasteiger partial charge is 0.246 e. The molecule has 0 aliphatic carbocycles. The van der Waals surface area contributed by atoms with Crippen LogP contribution >= 0.6 is 0 Å². The molecule has 1 fully saturated rings. The Bertz CT molecular complexity index is 922. The van der Waals surface area contributed by atoms with Gasteiger partial charge in [0.2, 0.25) is 15.9 Å². The van der Waals surface area contributed by atoms with Gasteiger partial charge in [-0.25, -0.2) is 8.42 Å². The molecule has 1 aliphatic heterocycles. The van der Waals surface area contributed by atoms with Gasteiger partial charge >= 0.3 is 0 Å². The van der Waals surface area contributed by atoms with Crippen LogP contribution < -0.4 is 10.2 Å². The first-order chi connectivity index (χ1) is 13.8. The lowest BCUT2D eigenvalue weighted by atomic mass is 10.3. The molecule has 1 saturated heterocycles. The first kappa shape index (κ1) is 21.3. The van der Waals surface area contributed by atoms with E-state index in [1.807, 2.05) is 44.2 Å². The van der Waals surface area contributed by atoms with E-state index in [1.54, 1.807) is 36.2 Å². The second-order valence-corrected chi connectivity index (χ2v) is 9.18. The lowest BCUT2D eigenvalue weighted by Crippen LogP contribution is -2.48. The maximum atomic E-state index is 12.9. The molecule has 0 saturated carbocycles. The molecule has 3 rings (SSSR count). The molecule has 0 bridgehead atoms. The van der Waals surface area contributed by atoms with Crippen LogP contribution in [-0.2, 0) is 19.6 Å². The van der Waals surface area contributed by atoms with Crippen LogP contribution in [0.15, 0.2) is 59.5 Å². The van der Waals surface area contributed by atoms with E-state index in [0.717, 1.165) is 5.69 Å². The van der Waals surface area contributed by atoms with Crippen LogP contribution in [-0.4, -0.2) is 57.5 Å². The average molecular weight is 418 g/mol. The molecular weight excluding hydrogens is 390 g/mol. The monoisotopic (exact) mass is 417 g/mol. The number of benzene rings is 2. The molecule has 1 amide bonds. The van der Waals surface area contributed by atoms with E-state index in [2.05, 4.69) is 5.32 Å². The molecule has 8 heteroatoms. The van der Waals surface area contributed by atoms with E-state index in [1.165, 1.54) is 4.31 Å². The van der Waals surface area contributed by atoms with Crippen LogP contribution in [0.4, 0.5) is 11.4 Å². The summed E-state index contributed by atoms with van der Waals surface area (Å²) < 4.78 is 32.9. The number of nitrogens with one attached hydrogen (secondary N) is 1. The highest BCUT2D eigenvalue weighted by atomic mass is 32.2. The molecule has 1 heterocycles. The summed E-state index contributed by atoms with van der Waals surface area (Å²) in [5, 5.41) is 3.05. The predicted octanol–water partition coefficient (Wildman–Crippen LogP) is 2.56. The number of ether oxygens (including phenoxy) is 1. The van der Waals surface area contributed by atoms with Crippen molar-refractivity contribution in [1.29, 1.82) is 0 Å². The summed E-state index contributed by atoms with van der Waals surface area (Å²) in [5.41, 5.74) is 1.50. The van der Waals surface area contributed by atoms with E-state index in [-0.39, 0.29) is 29.6 Å². The largest absolute Gasteiger partial charge is 0.376 e. The summed E-state index contributed by atoms with van der Waals surface area (Å²) in [6.07, 6.45) is -0.274. The van der Waals surface area contributed by atoms with Gasteiger partial charge in [0.05, 0.1) is 23.6 Å². The number of morpholine rings is 1. The number of hydrogen-bond acceptors (Lipinski definition) is 5. The van der Waals surface area contributed by atoms with Crippen molar-refractivity contribution in [1.82, 2.24) is 4.31 Å². The second kappa shape index (κ2) is 8.94. The van der Waals surface area contributed by atoms with Crippen molar-refractivity contribution in [2.75, 3.05) is 36.9 Å². The first-order valence-corrected chi connectivity index (χ1v) is 11.0. The molecule has 1 aliphatic rings. The van der Waals surface area contributed by atoms with E-state index >= 15 is 0 Å². The zero-order valence-corrected chi connectivity index (χ0v) is 17.7. The van der Waals surface area contributed by atoms with Gasteiger partial charge in [0.15, 0.2) is 0 Å². The number of carbonyl (C=O) groups excluding carboxylic acids is 1. The van der Waals surface area contributed by atoms with Gasteiger partial charge in [0.25, 0.3) is 0 Å². The number of likely N-dealkylation sites (N-methyl/N-ethyl adjacent to an activating group) is 1. The van der Waals surface area contributed by atoms with E-state index in [4.69, 9.17) is 4.74 Å². The highest BCUT2D eigenvalue weighted by Crippen LogP contribution is 2.22. The molecule has 29 heavy (non-hydrogen) atoms. The van der Waals surface area contributed by atoms with Crippen molar-refractivity contribution in [2.45, 2.75) is 31.0 Å². The van der Waals surface area contributed by atoms with Gasteiger partial charge in [0, 0.05) is 31.5 Å². The van der Waals surface area contributed by atoms with Crippen LogP contribution in [0.2, 0.25) is 0 Å². The fourth-order valence-corrected chi connectivity index (χ4v) is 4.90. The Balaban J connectivity index is 1.62. The van der Waals surface area contributed by atoms with Gasteiger partial charge in [-0.1, -0.05) is 18.2 Å². The van der Waals surface area contributed by atoms with Crippen LogP contribution in [0.1, 0.15) is 13.8 Å². The van der Waals surface area contributed by atoms with Crippen molar-refractivity contribution in [3.8, 4) is 0 Å². The highest BCUT2D eigenvalue weighted by molar-refractivity contribution is 7.89. The zero-order chi connectivity index (χ0) is 21.0. The molecule has 0 radical (unpaired) electrons. The third kappa shape index (κ3) is 5.14. The van der Waals surface area contributed by atoms with Crippen LogP contribution in [0.5, 0.6) is 0 Å². The van der Waals surface area contributed by atoms with Gasteiger partial charge in [-0.2, -0.15) is 4.31 Å². The molecule has 0 spiro atoms. The lowest BCUT2D eigenvalue weighted by molar-refractivity contribution is -0.116. The minimum atomic E-state index is -3.57. The Morgan fingerprint density at radius 2 is 1.66 bits per heavy atom. The second-order valence-electron chi connectivity index (χ2n) is 7.25. The SMILES string of the molecule is CC1CN(S(=O)(=O)c2ccc(NCC(=O)N(C)c3ccccc3)cc2)CC(C)O1. The highest BCUT2D eigenvalue weighted by Gasteiger charge is 2.32. The predicted molar refractivity (Wildman–Crippen MR) is 114 cm³/mol. The van der Waals surface area contributed by atoms with Crippen molar-refractivity contribution in [3.05, 3.63) is 54.6 Å². The first-order valence-electron chi connectivity index (χ1n) is 9.58. The summed E-state index contributed by atoms with van der Waals surface area (Å²) in [6, 6.07) is 15.9. The van der Waals surface area contributed by atoms with Crippen molar-refractivity contribution >= 4 is 27.3 Å². The molecule has 2 unspecified atom stereocenters. The van der Waals surface area contributed by atoms with E-state index in [0.29, 0.717) is 18.8 Å². The summed E-state index contributed by atoms with van der Waals surface area (Å²) in [7, 11) is -1.85. The summed E-state index contributed by atoms with van der Waals surface area (Å²) >= 11 is 0. The number of hydrogen-bond donors (Lipinski definition) is 1. The Hall–Kier alpha value is -2.42. The fourth-order valence-electron chi connectivity index (χ4n) is 3.31. The van der Waals surface area contributed by atoms with Crippen molar-refractivity contribution in [2.24, 2.45) is 0 Å². The molecule has 0 aromatic heterocycles. The van der Waals surface area contributed by atoms with Crippen LogP contribution in [0.25, 0.3) is 0 Å². The Morgan fingerprint density at radius 1 is 1.07 bits per heavy atom. The van der Waals surface area contributed by atoms with E-state index < -0.39 is 10.0 Å². The third-order valence-corrected chi connectivity index (χ3v) is 6.69. The Kier molecular flexibility index (Phi) is 6.56. The van der Waals surface area contributed by atoms with Gasteiger partial charge < -0.3 is 15.0 Å². The number of anilines is 2. The summed E-state index contributed by atoms with van der Waals surface area (Å²) in [6.45, 7) is 4.53. The molecular formula is C21H27N3O4S. The minimum Gasteiger partial charge on any atom is -0.376 e. The Labute approximate surface area is 172 Å². The van der Waals surface area contributed by atoms with Gasteiger partial charge in [-0.15, -0.1) is 0 Å². The molecule has 2 atom stereocenters. The van der Waals surface area contributed by atoms with E-state index in [9.17, 15) is 13.2 Å². The maximum Gasteiger partial charge on any atom is 0.246 e. The summed E-state index contributed by atoms with van der Waals surface area (Å²) in [5.74, 6) is -0.0933. The maximum absolute atomic E-state index is 12.9. The Morgan fingerprint density at radius 3 is 2.24 bits per heavy atom. The molecule has 7 nitrogen and oxygen atoms in total. The van der Waals surface area contributed by atoms with Crippen LogP contribution in [0.3, 0.4) is 0 Å². The number of para-hydroxylation sites is 1. The summed E-state index contributed by atoms with van der Waals surface area (Å²) in [4.78, 5) is 14.2. The standard InChI is InChI=1S/C21H27N3O4S/c1-16-14-24(15-17(2)28-16)29(26,27)20-11-9-18(10-12-20)22-13-21(25)23(3)19-7-5-4-6-8-19/h4-12,16-17,22H,13-15H2,1-3H3. The number of rotatable bonds is 6. The van der Waals surface area contributed by atoms with Crippen LogP contribution in [0, 0.1) is 0 Å². The normalized spacial score (nSPS) is 20.2. The minimum absolute atomic E-state index is 0.0933. The van der Waals surface area contributed by atoms with Crippen molar-refractivity contribution in [3.63, 3.8) is 0 Å². The molecule has 156 valence electrons. The lowest BCUT2D eigenvalue weighted by Gasteiger charge is -2.34. The van der Waals surface area contributed by atoms with Gasteiger partial charge in [-0.3, -0.25) is 4.79 Å².